The first-order valence-corrected chi connectivity index (χ1v) is 9.12. The summed E-state index contributed by atoms with van der Waals surface area (Å²) in [5.41, 5.74) is 4.41. The molecule has 0 unspecified atom stereocenters. The number of hydrogen-bond donors (Lipinski definition) is 3. The lowest BCUT2D eigenvalue weighted by Gasteiger charge is -2.11. The number of halogens is 4. The van der Waals surface area contributed by atoms with Crippen LogP contribution in [0.2, 0.25) is 15.1 Å². The van der Waals surface area contributed by atoms with Gasteiger partial charge in [0.15, 0.2) is 0 Å². The van der Waals surface area contributed by atoms with Crippen LogP contribution in [0.4, 0.5) is 27.4 Å². The monoisotopic (exact) mass is 470 g/mol. The second kappa shape index (κ2) is 9.08. The third-order valence-corrected chi connectivity index (χ3v) is 4.49. The molecule has 0 fully saturated rings. The van der Waals surface area contributed by atoms with Gasteiger partial charge in [-0.2, -0.15) is 0 Å². The van der Waals surface area contributed by atoms with Gasteiger partial charge in [-0.3, -0.25) is 25.8 Å². The van der Waals surface area contributed by atoms with E-state index in [0.29, 0.717) is 5.02 Å². The van der Waals surface area contributed by atoms with Crippen molar-refractivity contribution in [1.29, 1.82) is 0 Å². The Bertz CT molecular complexity index is 1150. The molecule has 154 valence electrons. The lowest BCUT2D eigenvalue weighted by atomic mass is 10.2. The molecule has 0 radical (unpaired) electrons. The zero-order valence-corrected chi connectivity index (χ0v) is 16.9. The van der Waals surface area contributed by atoms with Gasteiger partial charge >= 0.3 is 5.69 Å². The van der Waals surface area contributed by atoms with E-state index in [1.807, 2.05) is 0 Å². The molecule has 0 aliphatic rings. The summed E-state index contributed by atoms with van der Waals surface area (Å²) in [6.07, 6.45) is 1.03. The Morgan fingerprint density at radius 3 is 2.43 bits per heavy atom. The van der Waals surface area contributed by atoms with Gasteiger partial charge in [0, 0.05) is 10.7 Å². The number of anilines is 3. The number of carbonyl (C=O) groups is 1. The van der Waals surface area contributed by atoms with Gasteiger partial charge in [0.2, 0.25) is 11.6 Å². The van der Waals surface area contributed by atoms with E-state index >= 15 is 0 Å². The van der Waals surface area contributed by atoms with Crippen molar-refractivity contribution in [1.82, 2.24) is 15.4 Å². The molecule has 3 rings (SSSR count). The molecule has 3 N–H and O–H groups in total. The maximum Gasteiger partial charge on any atom is 0.355 e. The molecular weight excluding hydrogens is 462 g/mol. The predicted octanol–water partition coefficient (Wildman–Crippen LogP) is 4.98. The zero-order valence-electron chi connectivity index (χ0n) is 14.6. The highest BCUT2D eigenvalue weighted by Gasteiger charge is 2.24. The van der Waals surface area contributed by atoms with Crippen LogP contribution < -0.4 is 16.2 Å². The number of nitro groups is 1. The number of benzene rings is 2. The maximum atomic E-state index is 13.3. The molecule has 0 aliphatic carbocycles. The van der Waals surface area contributed by atoms with Crippen molar-refractivity contribution in [3.8, 4) is 0 Å². The van der Waals surface area contributed by atoms with Crippen molar-refractivity contribution >= 4 is 63.7 Å². The Labute approximate surface area is 183 Å². The SMILES string of the molecule is O=C(NNc1ncnc(Nc2ccc(F)c(Cl)c2)c1[N+](=O)[O-])c1ccc(Cl)cc1Cl. The molecule has 3 aromatic rings. The average molecular weight is 472 g/mol. The summed E-state index contributed by atoms with van der Waals surface area (Å²) < 4.78 is 13.3. The lowest BCUT2D eigenvalue weighted by molar-refractivity contribution is -0.383. The highest BCUT2D eigenvalue weighted by molar-refractivity contribution is 6.36. The number of nitrogens with zero attached hydrogens (tertiary/aromatic N) is 3. The summed E-state index contributed by atoms with van der Waals surface area (Å²) >= 11 is 17.5. The topological polar surface area (TPSA) is 122 Å². The van der Waals surface area contributed by atoms with Crippen molar-refractivity contribution in [3.05, 3.63) is 79.3 Å². The zero-order chi connectivity index (χ0) is 21.8. The molecule has 1 aromatic heterocycles. The first kappa shape index (κ1) is 21.5. The molecule has 30 heavy (non-hydrogen) atoms. The molecular formula is C17H10Cl3FN6O3. The molecule has 0 atom stereocenters. The minimum absolute atomic E-state index is 0.0876. The van der Waals surface area contributed by atoms with E-state index in [4.69, 9.17) is 34.8 Å². The Hall–Kier alpha value is -3.21. The van der Waals surface area contributed by atoms with E-state index in [1.165, 1.54) is 30.3 Å². The van der Waals surface area contributed by atoms with Gasteiger partial charge in [0.1, 0.15) is 12.1 Å². The van der Waals surface area contributed by atoms with Gasteiger partial charge in [0.05, 0.1) is 20.5 Å². The van der Waals surface area contributed by atoms with Crippen molar-refractivity contribution in [2.24, 2.45) is 0 Å². The fourth-order valence-electron chi connectivity index (χ4n) is 2.30. The Morgan fingerprint density at radius 1 is 1.03 bits per heavy atom. The van der Waals surface area contributed by atoms with Gasteiger partial charge in [0.25, 0.3) is 5.91 Å². The lowest BCUT2D eigenvalue weighted by Crippen LogP contribution is -2.30. The third-order valence-electron chi connectivity index (χ3n) is 3.66. The minimum Gasteiger partial charge on any atom is -0.334 e. The molecule has 1 amide bonds. The molecule has 2 aromatic carbocycles. The summed E-state index contributed by atoms with van der Waals surface area (Å²) in [6, 6.07) is 7.88. The summed E-state index contributed by atoms with van der Waals surface area (Å²) in [5.74, 6) is -1.84. The summed E-state index contributed by atoms with van der Waals surface area (Å²) in [5, 5.41) is 14.5. The Kier molecular flexibility index (Phi) is 6.50. The van der Waals surface area contributed by atoms with Crippen molar-refractivity contribution in [2.45, 2.75) is 0 Å². The average Bonchev–Trinajstić information content (AvgIpc) is 2.68. The number of aromatic nitrogens is 2. The number of hydrazine groups is 1. The van der Waals surface area contributed by atoms with E-state index < -0.39 is 22.3 Å². The van der Waals surface area contributed by atoms with Gasteiger partial charge in [-0.1, -0.05) is 34.8 Å². The van der Waals surface area contributed by atoms with Gasteiger partial charge in [-0.25, -0.2) is 14.4 Å². The molecule has 9 nitrogen and oxygen atoms in total. The highest BCUT2D eigenvalue weighted by Crippen LogP contribution is 2.32. The predicted molar refractivity (Wildman–Crippen MR) is 111 cm³/mol. The number of rotatable bonds is 6. The standard InChI is InChI=1S/C17H10Cl3FN6O3/c18-8-1-3-10(11(19)5-8)17(28)26-25-16-14(27(29)30)15(22-7-23-16)24-9-2-4-13(21)12(20)6-9/h1-7H,(H,26,28)(H2,22,23,24,25). The Balaban J connectivity index is 1.84. The summed E-state index contributed by atoms with van der Waals surface area (Å²) in [6.45, 7) is 0. The first-order valence-electron chi connectivity index (χ1n) is 7.99. The largest absolute Gasteiger partial charge is 0.355 e. The van der Waals surface area contributed by atoms with Crippen LogP contribution in [-0.2, 0) is 0 Å². The number of hydrogen-bond acceptors (Lipinski definition) is 7. The van der Waals surface area contributed by atoms with Gasteiger partial charge in [-0.15, -0.1) is 0 Å². The fraction of sp³-hybridized carbons (Fsp3) is 0. The van der Waals surface area contributed by atoms with Crippen molar-refractivity contribution in [2.75, 3.05) is 10.7 Å². The van der Waals surface area contributed by atoms with Crippen LogP contribution in [0.5, 0.6) is 0 Å². The van der Waals surface area contributed by atoms with E-state index in [9.17, 15) is 19.3 Å². The van der Waals surface area contributed by atoms with Crippen LogP contribution >= 0.6 is 34.8 Å². The number of carbonyl (C=O) groups excluding carboxylic acids is 1. The number of amides is 1. The molecule has 0 aliphatic heterocycles. The minimum atomic E-state index is -0.753. The van der Waals surface area contributed by atoms with Gasteiger partial charge in [-0.05, 0) is 36.4 Å². The van der Waals surface area contributed by atoms with Crippen LogP contribution in [0.25, 0.3) is 0 Å². The Morgan fingerprint density at radius 2 is 1.77 bits per heavy atom. The van der Waals surface area contributed by atoms with Gasteiger partial charge < -0.3 is 5.32 Å². The van der Waals surface area contributed by atoms with Crippen LogP contribution in [0, 0.1) is 15.9 Å². The van der Waals surface area contributed by atoms with Crippen molar-refractivity contribution in [3.63, 3.8) is 0 Å². The molecule has 0 spiro atoms. The molecule has 1 heterocycles. The number of nitrogens with one attached hydrogen (secondary N) is 3. The first-order chi connectivity index (χ1) is 14.3. The molecule has 13 heteroatoms. The second-order valence-electron chi connectivity index (χ2n) is 5.63. The van der Waals surface area contributed by atoms with Crippen LogP contribution in [-0.4, -0.2) is 20.8 Å². The normalized spacial score (nSPS) is 10.4. The van der Waals surface area contributed by atoms with E-state index in [2.05, 4.69) is 26.1 Å². The summed E-state index contributed by atoms with van der Waals surface area (Å²) in [4.78, 5) is 30.7. The smallest absolute Gasteiger partial charge is 0.334 e. The fourth-order valence-corrected chi connectivity index (χ4v) is 2.98. The third kappa shape index (κ3) is 4.85. The second-order valence-corrected chi connectivity index (χ2v) is 6.88. The van der Waals surface area contributed by atoms with E-state index in [0.717, 1.165) is 12.4 Å². The summed E-state index contributed by atoms with van der Waals surface area (Å²) in [7, 11) is 0. The highest BCUT2D eigenvalue weighted by atomic mass is 35.5. The van der Waals surface area contributed by atoms with Crippen LogP contribution in [0.3, 0.4) is 0 Å². The molecule has 0 saturated carbocycles. The van der Waals surface area contributed by atoms with Crippen LogP contribution in [0.15, 0.2) is 42.7 Å². The quantitative estimate of drug-likeness (QED) is 0.342. The van der Waals surface area contributed by atoms with E-state index in [1.54, 1.807) is 0 Å². The van der Waals surface area contributed by atoms with Crippen LogP contribution in [0.1, 0.15) is 10.4 Å². The van der Waals surface area contributed by atoms with Crippen molar-refractivity contribution < 1.29 is 14.1 Å². The van der Waals surface area contributed by atoms with E-state index in [-0.39, 0.29) is 32.9 Å². The molecule has 0 bridgehead atoms. The maximum absolute atomic E-state index is 13.3. The molecule has 0 saturated heterocycles.